The van der Waals surface area contributed by atoms with Crippen LogP contribution in [0.2, 0.25) is 0 Å². The number of nitrogens with zero attached hydrogens (tertiary/aromatic N) is 1. The van der Waals surface area contributed by atoms with Gasteiger partial charge >= 0.3 is 0 Å². The van der Waals surface area contributed by atoms with Crippen molar-refractivity contribution in [2.75, 3.05) is 4.90 Å². The standard InChI is InChI=1S/C58H51N/c1-57(2,3)44-37-43(38-45(39-44)58(4,5)6)47-28-12-15-34-53(47)59(54-35-16-13-29-50(54)49-32-18-24-40-23-10-11-27-46(40)49)55-36-17-14-30-51(55)52-33-20-26-42-25-19-31-48(56(42)52)41-21-8-7-9-22-41/h7-39H,1-6H3. The van der Waals surface area contributed by atoms with Gasteiger partial charge in [0, 0.05) is 16.7 Å². The predicted molar refractivity (Wildman–Crippen MR) is 255 cm³/mol. The molecule has 0 bridgehead atoms. The fraction of sp³-hybridized carbons (Fsp3) is 0.138. The summed E-state index contributed by atoms with van der Waals surface area (Å²) in [5.74, 6) is 0. The van der Waals surface area contributed by atoms with E-state index < -0.39 is 0 Å². The summed E-state index contributed by atoms with van der Waals surface area (Å²) >= 11 is 0. The Morgan fingerprint density at radius 2 is 0.729 bits per heavy atom. The smallest absolute Gasteiger partial charge is 0.0540 e. The molecule has 0 unspecified atom stereocenters. The molecular formula is C58H51N. The SMILES string of the molecule is CC(C)(C)c1cc(-c2ccccc2N(c2ccccc2-c2cccc3ccccc23)c2ccccc2-c2cccc3cccc(-c4ccccc4)c23)cc(C(C)(C)C)c1. The molecule has 0 aromatic heterocycles. The van der Waals surface area contributed by atoms with Crippen LogP contribution in [0.25, 0.3) is 66.1 Å². The molecule has 0 aliphatic carbocycles. The lowest BCUT2D eigenvalue weighted by atomic mass is 9.78. The van der Waals surface area contributed by atoms with E-state index in [4.69, 9.17) is 0 Å². The van der Waals surface area contributed by atoms with Gasteiger partial charge in [0.2, 0.25) is 0 Å². The Kier molecular flexibility index (Phi) is 9.77. The summed E-state index contributed by atoms with van der Waals surface area (Å²) < 4.78 is 0. The quantitative estimate of drug-likeness (QED) is 0.156. The Hall–Kier alpha value is -6.70. The first-order valence-electron chi connectivity index (χ1n) is 20.9. The summed E-state index contributed by atoms with van der Waals surface area (Å²) in [4.78, 5) is 2.53. The average Bonchev–Trinajstić information content (AvgIpc) is 3.26. The Bertz CT molecular complexity index is 2910. The van der Waals surface area contributed by atoms with Gasteiger partial charge in [-0.05, 0) is 89.5 Å². The summed E-state index contributed by atoms with van der Waals surface area (Å²) in [5.41, 5.74) is 15.6. The molecule has 9 rings (SSSR count). The molecule has 1 heteroatoms. The van der Waals surface area contributed by atoms with Crippen LogP contribution in [0.5, 0.6) is 0 Å². The van der Waals surface area contributed by atoms with Crippen molar-refractivity contribution in [2.24, 2.45) is 0 Å². The van der Waals surface area contributed by atoms with Gasteiger partial charge in [-0.1, -0.05) is 224 Å². The van der Waals surface area contributed by atoms with Crippen LogP contribution in [-0.4, -0.2) is 0 Å². The Labute approximate surface area is 350 Å². The van der Waals surface area contributed by atoms with E-state index in [9.17, 15) is 0 Å². The molecule has 0 heterocycles. The molecule has 0 saturated heterocycles. The second-order valence-electron chi connectivity index (χ2n) is 17.8. The van der Waals surface area contributed by atoms with Crippen LogP contribution < -0.4 is 4.90 Å². The summed E-state index contributed by atoms with van der Waals surface area (Å²) in [6.07, 6.45) is 0. The third-order valence-electron chi connectivity index (χ3n) is 11.8. The summed E-state index contributed by atoms with van der Waals surface area (Å²) in [6, 6.07) is 73.9. The number of anilines is 3. The highest BCUT2D eigenvalue weighted by Crippen LogP contribution is 2.50. The van der Waals surface area contributed by atoms with Crippen molar-refractivity contribution >= 4 is 38.6 Å². The van der Waals surface area contributed by atoms with E-state index in [0.29, 0.717) is 0 Å². The molecule has 9 aromatic rings. The second-order valence-corrected chi connectivity index (χ2v) is 17.8. The van der Waals surface area contributed by atoms with E-state index in [2.05, 4.69) is 247 Å². The van der Waals surface area contributed by atoms with E-state index in [1.165, 1.54) is 77.2 Å². The Balaban J connectivity index is 1.37. The maximum Gasteiger partial charge on any atom is 0.0540 e. The van der Waals surface area contributed by atoms with E-state index in [1.54, 1.807) is 0 Å². The van der Waals surface area contributed by atoms with Gasteiger partial charge in [-0.3, -0.25) is 0 Å². The average molecular weight is 762 g/mol. The van der Waals surface area contributed by atoms with Crippen LogP contribution in [0.4, 0.5) is 17.1 Å². The first-order valence-corrected chi connectivity index (χ1v) is 20.9. The molecule has 0 aliphatic heterocycles. The molecule has 288 valence electrons. The van der Waals surface area contributed by atoms with E-state index in [-0.39, 0.29) is 10.8 Å². The Morgan fingerprint density at radius 3 is 1.34 bits per heavy atom. The van der Waals surface area contributed by atoms with Crippen molar-refractivity contribution in [3.8, 4) is 44.5 Å². The Morgan fingerprint density at radius 1 is 0.305 bits per heavy atom. The minimum atomic E-state index is -0.0248. The molecule has 59 heavy (non-hydrogen) atoms. The van der Waals surface area contributed by atoms with Crippen molar-refractivity contribution in [3.63, 3.8) is 0 Å². The van der Waals surface area contributed by atoms with Crippen LogP contribution in [0.1, 0.15) is 52.7 Å². The fourth-order valence-corrected chi connectivity index (χ4v) is 8.63. The van der Waals surface area contributed by atoms with Crippen LogP contribution in [0, 0.1) is 0 Å². The lowest BCUT2D eigenvalue weighted by molar-refractivity contribution is 0.569. The van der Waals surface area contributed by atoms with Crippen molar-refractivity contribution < 1.29 is 0 Å². The van der Waals surface area contributed by atoms with Crippen molar-refractivity contribution in [2.45, 2.75) is 52.4 Å². The van der Waals surface area contributed by atoms with Gasteiger partial charge < -0.3 is 4.90 Å². The molecule has 0 atom stereocenters. The zero-order valence-corrected chi connectivity index (χ0v) is 35.0. The molecule has 0 fully saturated rings. The third kappa shape index (κ3) is 7.23. The third-order valence-corrected chi connectivity index (χ3v) is 11.8. The maximum absolute atomic E-state index is 2.53. The molecular weight excluding hydrogens is 711 g/mol. The molecule has 0 spiro atoms. The zero-order chi connectivity index (χ0) is 40.7. The normalized spacial score (nSPS) is 11.9. The summed E-state index contributed by atoms with van der Waals surface area (Å²) in [6.45, 7) is 13.9. The zero-order valence-electron chi connectivity index (χ0n) is 35.0. The minimum Gasteiger partial charge on any atom is -0.309 e. The summed E-state index contributed by atoms with van der Waals surface area (Å²) in [7, 11) is 0. The van der Waals surface area contributed by atoms with Crippen LogP contribution >= 0.6 is 0 Å². The van der Waals surface area contributed by atoms with E-state index >= 15 is 0 Å². The van der Waals surface area contributed by atoms with Gasteiger partial charge in [0.15, 0.2) is 0 Å². The van der Waals surface area contributed by atoms with Gasteiger partial charge in [0.05, 0.1) is 17.1 Å². The monoisotopic (exact) mass is 761 g/mol. The van der Waals surface area contributed by atoms with E-state index in [1.807, 2.05) is 0 Å². The number of benzene rings is 9. The summed E-state index contributed by atoms with van der Waals surface area (Å²) in [5, 5.41) is 4.93. The van der Waals surface area contributed by atoms with Gasteiger partial charge in [0.1, 0.15) is 0 Å². The largest absolute Gasteiger partial charge is 0.309 e. The van der Waals surface area contributed by atoms with Gasteiger partial charge in [-0.25, -0.2) is 0 Å². The van der Waals surface area contributed by atoms with Gasteiger partial charge in [0.25, 0.3) is 0 Å². The number of fused-ring (bicyclic) bond motifs is 2. The van der Waals surface area contributed by atoms with Crippen molar-refractivity contribution in [1.82, 2.24) is 0 Å². The van der Waals surface area contributed by atoms with Crippen LogP contribution in [0.3, 0.4) is 0 Å². The predicted octanol–water partition coefficient (Wildman–Crippen LogP) is 16.7. The van der Waals surface area contributed by atoms with Crippen LogP contribution in [-0.2, 0) is 10.8 Å². The number of rotatable bonds is 7. The van der Waals surface area contributed by atoms with Gasteiger partial charge in [-0.15, -0.1) is 0 Å². The second kappa shape index (κ2) is 15.2. The molecule has 0 saturated carbocycles. The lowest BCUT2D eigenvalue weighted by Crippen LogP contribution is -2.17. The lowest BCUT2D eigenvalue weighted by Gasteiger charge is -2.32. The van der Waals surface area contributed by atoms with Crippen molar-refractivity contribution in [3.05, 3.63) is 211 Å². The molecule has 0 amide bonds. The number of hydrogen-bond donors (Lipinski definition) is 0. The first kappa shape index (κ1) is 37.9. The minimum absolute atomic E-state index is 0.0248. The number of para-hydroxylation sites is 3. The molecule has 0 N–H and O–H groups in total. The van der Waals surface area contributed by atoms with Crippen molar-refractivity contribution in [1.29, 1.82) is 0 Å². The fourth-order valence-electron chi connectivity index (χ4n) is 8.63. The maximum atomic E-state index is 2.53. The highest BCUT2D eigenvalue weighted by Gasteiger charge is 2.26. The molecule has 0 radical (unpaired) electrons. The molecule has 0 aliphatic rings. The van der Waals surface area contributed by atoms with E-state index in [0.717, 1.165) is 17.1 Å². The highest BCUT2D eigenvalue weighted by molar-refractivity contribution is 6.10. The van der Waals surface area contributed by atoms with Crippen LogP contribution in [0.15, 0.2) is 200 Å². The van der Waals surface area contributed by atoms with Gasteiger partial charge in [-0.2, -0.15) is 0 Å². The molecule has 9 aromatic carbocycles. The first-order chi connectivity index (χ1) is 28.6. The number of hydrogen-bond acceptors (Lipinski definition) is 1. The molecule has 1 nitrogen and oxygen atoms in total. The highest BCUT2D eigenvalue weighted by atomic mass is 15.1. The topological polar surface area (TPSA) is 3.24 Å².